The molecule has 0 aliphatic rings. The van der Waals surface area contributed by atoms with Crippen LogP contribution in [0.25, 0.3) is 0 Å². The zero-order valence-corrected chi connectivity index (χ0v) is 8.55. The van der Waals surface area contributed by atoms with E-state index in [-0.39, 0.29) is 6.04 Å². The molecule has 0 aliphatic carbocycles. The van der Waals surface area contributed by atoms with Crippen LogP contribution in [0.3, 0.4) is 0 Å². The average Bonchev–Trinajstić information content (AvgIpc) is 2.01. The molecule has 74 valence electrons. The quantitative estimate of drug-likeness (QED) is 0.626. The van der Waals surface area contributed by atoms with Crippen molar-refractivity contribution in [1.82, 2.24) is 5.32 Å². The topological polar surface area (TPSA) is 41.5 Å². The second-order valence-electron chi connectivity index (χ2n) is 3.38. The molecule has 3 heteroatoms. The Morgan fingerprint density at radius 1 is 1.58 bits per heavy atom. The Morgan fingerprint density at radius 3 is 2.58 bits per heavy atom. The van der Waals surface area contributed by atoms with Crippen LogP contribution in [-0.4, -0.2) is 37.0 Å². The first-order valence-corrected chi connectivity index (χ1v) is 4.49. The monoisotopic (exact) mass is 175 g/mol. The summed E-state index contributed by atoms with van der Waals surface area (Å²) in [6.45, 7) is 7.33. The van der Waals surface area contributed by atoms with Crippen LogP contribution in [0, 0.1) is 0 Å². The second-order valence-corrected chi connectivity index (χ2v) is 3.38. The van der Waals surface area contributed by atoms with Crippen LogP contribution in [0.15, 0.2) is 0 Å². The predicted octanol–water partition coefficient (Wildman–Crippen LogP) is 0.772. The normalized spacial score (nSPS) is 18.8. The van der Waals surface area contributed by atoms with Gasteiger partial charge in [-0.15, -0.1) is 0 Å². The molecule has 0 spiro atoms. The molecule has 0 rings (SSSR count). The van der Waals surface area contributed by atoms with Crippen LogP contribution >= 0.6 is 0 Å². The molecule has 0 radical (unpaired) electrons. The van der Waals surface area contributed by atoms with E-state index in [2.05, 4.69) is 5.32 Å². The van der Waals surface area contributed by atoms with E-state index in [0.29, 0.717) is 13.0 Å². The number of rotatable bonds is 6. The molecule has 12 heavy (non-hydrogen) atoms. The van der Waals surface area contributed by atoms with Gasteiger partial charge in [0, 0.05) is 26.2 Å². The summed E-state index contributed by atoms with van der Waals surface area (Å²) in [4.78, 5) is 0. The van der Waals surface area contributed by atoms with Crippen LogP contribution in [0.4, 0.5) is 0 Å². The van der Waals surface area contributed by atoms with Crippen LogP contribution < -0.4 is 5.32 Å². The van der Waals surface area contributed by atoms with Crippen LogP contribution in [0.5, 0.6) is 0 Å². The zero-order valence-electron chi connectivity index (χ0n) is 8.55. The van der Waals surface area contributed by atoms with Crippen molar-refractivity contribution in [2.75, 3.05) is 20.3 Å². The molecule has 0 aromatic carbocycles. The number of likely N-dealkylation sites (N-methyl/N-ethyl adjacent to an activating group) is 1. The van der Waals surface area contributed by atoms with E-state index < -0.39 is 5.60 Å². The highest BCUT2D eigenvalue weighted by molar-refractivity contribution is 4.83. The molecule has 0 aromatic heterocycles. The van der Waals surface area contributed by atoms with Crippen molar-refractivity contribution in [3.05, 3.63) is 0 Å². The standard InChI is InChI=1S/C9H21NO2/c1-5-10-8(2)9(3,11)6-7-12-4/h8,10-11H,5-7H2,1-4H3. The molecule has 3 nitrogen and oxygen atoms in total. The van der Waals surface area contributed by atoms with Gasteiger partial charge in [0.25, 0.3) is 0 Å². The maximum absolute atomic E-state index is 9.90. The van der Waals surface area contributed by atoms with Crippen LogP contribution in [0.1, 0.15) is 27.2 Å². The first-order valence-electron chi connectivity index (χ1n) is 4.49. The minimum atomic E-state index is -0.675. The lowest BCUT2D eigenvalue weighted by Crippen LogP contribution is -2.47. The van der Waals surface area contributed by atoms with Crippen molar-refractivity contribution in [1.29, 1.82) is 0 Å². The fourth-order valence-corrected chi connectivity index (χ4v) is 1.05. The van der Waals surface area contributed by atoms with Crippen LogP contribution in [0.2, 0.25) is 0 Å². The smallest absolute Gasteiger partial charge is 0.0791 e. The third-order valence-electron chi connectivity index (χ3n) is 2.26. The summed E-state index contributed by atoms with van der Waals surface area (Å²) in [5.41, 5.74) is -0.675. The fraction of sp³-hybridized carbons (Fsp3) is 1.00. The molecular weight excluding hydrogens is 154 g/mol. The number of ether oxygens (including phenoxy) is 1. The van der Waals surface area contributed by atoms with Gasteiger partial charge in [0.15, 0.2) is 0 Å². The maximum Gasteiger partial charge on any atom is 0.0791 e. The highest BCUT2D eigenvalue weighted by Gasteiger charge is 2.26. The SMILES string of the molecule is CCNC(C)C(C)(O)CCOC. The van der Waals surface area contributed by atoms with Crippen molar-refractivity contribution in [3.63, 3.8) is 0 Å². The van der Waals surface area contributed by atoms with Gasteiger partial charge in [-0.1, -0.05) is 6.92 Å². The fourth-order valence-electron chi connectivity index (χ4n) is 1.05. The van der Waals surface area contributed by atoms with E-state index >= 15 is 0 Å². The first-order chi connectivity index (χ1) is 5.54. The van der Waals surface area contributed by atoms with E-state index in [4.69, 9.17) is 4.74 Å². The lowest BCUT2D eigenvalue weighted by molar-refractivity contribution is -0.00259. The Labute approximate surface area is 75.1 Å². The highest BCUT2D eigenvalue weighted by atomic mass is 16.5. The Morgan fingerprint density at radius 2 is 2.17 bits per heavy atom. The molecule has 0 aromatic rings. The Hall–Kier alpha value is -0.120. The van der Waals surface area contributed by atoms with Crippen molar-refractivity contribution >= 4 is 0 Å². The number of methoxy groups -OCH3 is 1. The van der Waals surface area contributed by atoms with Gasteiger partial charge in [0.1, 0.15) is 0 Å². The third-order valence-corrected chi connectivity index (χ3v) is 2.26. The van der Waals surface area contributed by atoms with E-state index in [1.807, 2.05) is 20.8 Å². The molecule has 0 bridgehead atoms. The summed E-state index contributed by atoms with van der Waals surface area (Å²) in [7, 11) is 1.65. The zero-order chi connectivity index (χ0) is 9.61. The lowest BCUT2D eigenvalue weighted by Gasteiger charge is -2.30. The van der Waals surface area contributed by atoms with Gasteiger partial charge in [-0.25, -0.2) is 0 Å². The van der Waals surface area contributed by atoms with Crippen molar-refractivity contribution in [2.45, 2.75) is 38.8 Å². The number of hydrogen-bond donors (Lipinski definition) is 2. The molecule has 2 N–H and O–H groups in total. The molecule has 0 amide bonds. The van der Waals surface area contributed by atoms with Gasteiger partial charge in [-0.05, 0) is 20.4 Å². The van der Waals surface area contributed by atoms with Gasteiger partial charge in [-0.3, -0.25) is 0 Å². The first kappa shape index (κ1) is 11.9. The molecule has 2 atom stereocenters. The summed E-state index contributed by atoms with van der Waals surface area (Å²) in [6, 6.07) is 0.109. The average molecular weight is 175 g/mol. The predicted molar refractivity (Wildman–Crippen MR) is 50.3 cm³/mol. The van der Waals surface area contributed by atoms with Crippen molar-refractivity contribution in [2.24, 2.45) is 0 Å². The van der Waals surface area contributed by atoms with Gasteiger partial charge in [-0.2, -0.15) is 0 Å². The minimum Gasteiger partial charge on any atom is -0.388 e. The summed E-state index contributed by atoms with van der Waals surface area (Å²) in [6.07, 6.45) is 0.664. The van der Waals surface area contributed by atoms with E-state index in [1.165, 1.54) is 0 Å². The molecular formula is C9H21NO2. The highest BCUT2D eigenvalue weighted by Crippen LogP contribution is 2.14. The van der Waals surface area contributed by atoms with Crippen LogP contribution in [-0.2, 0) is 4.74 Å². The third kappa shape index (κ3) is 4.04. The van der Waals surface area contributed by atoms with Crippen molar-refractivity contribution in [3.8, 4) is 0 Å². The number of aliphatic hydroxyl groups is 1. The van der Waals surface area contributed by atoms with E-state index in [1.54, 1.807) is 7.11 Å². The molecule has 2 unspecified atom stereocenters. The van der Waals surface area contributed by atoms with Gasteiger partial charge >= 0.3 is 0 Å². The second kappa shape index (κ2) is 5.51. The molecule has 0 saturated carbocycles. The van der Waals surface area contributed by atoms with Crippen molar-refractivity contribution < 1.29 is 9.84 Å². The molecule has 0 heterocycles. The maximum atomic E-state index is 9.90. The van der Waals surface area contributed by atoms with Gasteiger partial charge < -0.3 is 15.2 Å². The van der Waals surface area contributed by atoms with E-state index in [0.717, 1.165) is 6.54 Å². The molecule has 0 saturated heterocycles. The van der Waals surface area contributed by atoms with Gasteiger partial charge in [0.05, 0.1) is 5.60 Å². The summed E-state index contributed by atoms with van der Waals surface area (Å²) in [5, 5.41) is 13.1. The summed E-state index contributed by atoms with van der Waals surface area (Å²) < 4.78 is 4.92. The summed E-state index contributed by atoms with van der Waals surface area (Å²) in [5.74, 6) is 0. The Bertz CT molecular complexity index is 115. The Balaban J connectivity index is 3.81. The van der Waals surface area contributed by atoms with Gasteiger partial charge in [0.2, 0.25) is 0 Å². The lowest BCUT2D eigenvalue weighted by atomic mass is 9.94. The van der Waals surface area contributed by atoms with E-state index in [9.17, 15) is 5.11 Å². The Kier molecular flexibility index (Phi) is 5.46. The minimum absolute atomic E-state index is 0.109. The molecule has 0 fully saturated rings. The number of hydrogen-bond acceptors (Lipinski definition) is 3. The molecule has 0 aliphatic heterocycles. The summed E-state index contributed by atoms with van der Waals surface area (Å²) >= 11 is 0. The number of nitrogens with one attached hydrogen (secondary N) is 1. The largest absolute Gasteiger partial charge is 0.388 e.